The monoisotopic (exact) mass is 214 g/mol. The lowest BCUT2D eigenvalue weighted by Gasteiger charge is -2.03. The standard InChI is InChI=1S/C8H10N2O5/c9-4(1-2-7(11)12)6-3-5(8(13)14)10-15-6/h3-4H,1-2,9H2,(H,11,12)(H,13,14). The third-order valence-electron chi connectivity index (χ3n) is 1.78. The summed E-state index contributed by atoms with van der Waals surface area (Å²) < 4.78 is 4.67. The predicted octanol–water partition coefficient (Wildman–Crippen LogP) is 0.237. The average molecular weight is 214 g/mol. The molecule has 82 valence electrons. The number of nitrogens with two attached hydrogens (primary N) is 1. The van der Waals surface area contributed by atoms with Crippen LogP contribution in [0.25, 0.3) is 0 Å². The van der Waals surface area contributed by atoms with Gasteiger partial charge in [0.2, 0.25) is 0 Å². The molecule has 1 unspecified atom stereocenters. The van der Waals surface area contributed by atoms with E-state index >= 15 is 0 Å². The molecule has 1 aromatic heterocycles. The SMILES string of the molecule is NC(CCC(=O)O)c1cc(C(=O)O)no1. The van der Waals surface area contributed by atoms with Crippen LogP contribution in [0.15, 0.2) is 10.6 Å². The van der Waals surface area contributed by atoms with E-state index in [1.54, 1.807) is 0 Å². The summed E-state index contributed by atoms with van der Waals surface area (Å²) in [4.78, 5) is 20.7. The number of hydrogen-bond acceptors (Lipinski definition) is 5. The average Bonchev–Trinajstić information content (AvgIpc) is 2.62. The quantitative estimate of drug-likeness (QED) is 0.640. The van der Waals surface area contributed by atoms with Gasteiger partial charge in [-0.2, -0.15) is 0 Å². The van der Waals surface area contributed by atoms with Crippen molar-refractivity contribution in [3.05, 3.63) is 17.5 Å². The lowest BCUT2D eigenvalue weighted by atomic mass is 10.1. The first-order valence-electron chi connectivity index (χ1n) is 4.18. The maximum Gasteiger partial charge on any atom is 0.358 e. The van der Waals surface area contributed by atoms with Crippen molar-refractivity contribution in [3.63, 3.8) is 0 Å². The number of nitrogens with zero attached hydrogens (tertiary/aromatic N) is 1. The van der Waals surface area contributed by atoms with E-state index in [0.29, 0.717) is 0 Å². The minimum atomic E-state index is -1.21. The minimum absolute atomic E-state index is 0.107. The summed E-state index contributed by atoms with van der Waals surface area (Å²) in [5.74, 6) is -2.01. The summed E-state index contributed by atoms with van der Waals surface area (Å²) in [6.45, 7) is 0. The number of carboxylic acid groups (broad SMARTS) is 2. The van der Waals surface area contributed by atoms with E-state index in [1.807, 2.05) is 0 Å². The molecule has 0 bridgehead atoms. The number of carbonyl (C=O) groups is 2. The lowest BCUT2D eigenvalue weighted by molar-refractivity contribution is -0.137. The van der Waals surface area contributed by atoms with E-state index in [2.05, 4.69) is 9.68 Å². The summed E-state index contributed by atoms with van der Waals surface area (Å²) in [6, 6.07) is 0.538. The summed E-state index contributed by atoms with van der Waals surface area (Å²) in [6.07, 6.45) is 0.0634. The summed E-state index contributed by atoms with van der Waals surface area (Å²) in [5.41, 5.74) is 5.33. The Kier molecular flexibility index (Phi) is 3.40. The number of hydrogen-bond donors (Lipinski definition) is 3. The molecule has 7 nitrogen and oxygen atoms in total. The summed E-state index contributed by atoms with van der Waals surface area (Å²) >= 11 is 0. The van der Waals surface area contributed by atoms with E-state index < -0.39 is 18.0 Å². The van der Waals surface area contributed by atoms with Crippen molar-refractivity contribution in [1.82, 2.24) is 5.16 Å². The van der Waals surface area contributed by atoms with Crippen LogP contribution < -0.4 is 5.73 Å². The van der Waals surface area contributed by atoms with Crippen LogP contribution in [0.4, 0.5) is 0 Å². The second-order valence-electron chi connectivity index (χ2n) is 2.96. The van der Waals surface area contributed by atoms with Gasteiger partial charge in [-0.15, -0.1) is 0 Å². The minimum Gasteiger partial charge on any atom is -0.481 e. The topological polar surface area (TPSA) is 127 Å². The Morgan fingerprint density at radius 2 is 2.20 bits per heavy atom. The Balaban J connectivity index is 2.61. The molecule has 0 spiro atoms. The van der Waals surface area contributed by atoms with Gasteiger partial charge in [0.15, 0.2) is 11.5 Å². The van der Waals surface area contributed by atoms with Gasteiger partial charge in [-0.1, -0.05) is 5.16 Å². The lowest BCUT2D eigenvalue weighted by Crippen LogP contribution is -2.11. The largest absolute Gasteiger partial charge is 0.481 e. The van der Waals surface area contributed by atoms with Crippen molar-refractivity contribution in [2.45, 2.75) is 18.9 Å². The van der Waals surface area contributed by atoms with Crippen LogP contribution in [-0.2, 0) is 4.79 Å². The van der Waals surface area contributed by atoms with Gasteiger partial charge in [0.05, 0.1) is 6.04 Å². The molecule has 0 aliphatic rings. The van der Waals surface area contributed by atoms with E-state index in [4.69, 9.17) is 15.9 Å². The maximum atomic E-state index is 10.4. The number of carboxylic acids is 2. The molecular weight excluding hydrogens is 204 g/mol. The molecule has 0 fully saturated rings. The van der Waals surface area contributed by atoms with Gasteiger partial charge < -0.3 is 20.5 Å². The van der Waals surface area contributed by atoms with E-state index in [9.17, 15) is 9.59 Å². The predicted molar refractivity (Wildman–Crippen MR) is 47.3 cm³/mol. The smallest absolute Gasteiger partial charge is 0.358 e. The van der Waals surface area contributed by atoms with Gasteiger partial charge in [0.1, 0.15) is 0 Å². The second-order valence-corrected chi connectivity index (χ2v) is 2.96. The Hall–Kier alpha value is -1.89. The molecule has 7 heteroatoms. The van der Waals surface area contributed by atoms with Crippen LogP contribution in [-0.4, -0.2) is 27.3 Å². The highest BCUT2D eigenvalue weighted by Crippen LogP contribution is 2.16. The van der Waals surface area contributed by atoms with Gasteiger partial charge in [-0.3, -0.25) is 4.79 Å². The first kappa shape index (κ1) is 11.2. The molecule has 1 rings (SSSR count). The third kappa shape index (κ3) is 3.06. The first-order chi connectivity index (χ1) is 7.00. The summed E-state index contributed by atoms with van der Waals surface area (Å²) in [5, 5.41) is 20.2. The third-order valence-corrected chi connectivity index (χ3v) is 1.78. The highest BCUT2D eigenvalue weighted by Gasteiger charge is 2.16. The van der Waals surface area contributed by atoms with Crippen LogP contribution in [0.3, 0.4) is 0 Å². The fraction of sp³-hybridized carbons (Fsp3) is 0.375. The molecule has 0 saturated heterocycles. The fourth-order valence-electron chi connectivity index (χ4n) is 0.986. The molecule has 0 aromatic carbocycles. The molecule has 15 heavy (non-hydrogen) atoms. The molecule has 1 heterocycles. The van der Waals surface area contributed by atoms with Crippen LogP contribution in [0, 0.1) is 0 Å². The summed E-state index contributed by atoms with van der Waals surface area (Å²) in [7, 11) is 0. The van der Waals surface area contributed by atoms with Crippen LogP contribution >= 0.6 is 0 Å². The van der Waals surface area contributed by atoms with Gasteiger partial charge in [-0.25, -0.2) is 4.79 Å². The molecule has 0 amide bonds. The zero-order chi connectivity index (χ0) is 11.4. The zero-order valence-corrected chi connectivity index (χ0v) is 7.71. The van der Waals surface area contributed by atoms with E-state index in [-0.39, 0.29) is 24.3 Å². The van der Waals surface area contributed by atoms with E-state index in [0.717, 1.165) is 0 Å². The molecule has 1 atom stereocenters. The van der Waals surface area contributed by atoms with Crippen LogP contribution in [0.2, 0.25) is 0 Å². The fourth-order valence-corrected chi connectivity index (χ4v) is 0.986. The highest BCUT2D eigenvalue weighted by molar-refractivity contribution is 5.85. The maximum absolute atomic E-state index is 10.4. The molecule has 0 aliphatic heterocycles. The Morgan fingerprint density at radius 1 is 1.53 bits per heavy atom. The molecule has 1 aromatic rings. The van der Waals surface area contributed by atoms with E-state index in [1.165, 1.54) is 6.07 Å². The number of rotatable bonds is 5. The van der Waals surface area contributed by atoms with Crippen molar-refractivity contribution in [2.75, 3.05) is 0 Å². The first-order valence-corrected chi connectivity index (χ1v) is 4.18. The highest BCUT2D eigenvalue weighted by atomic mass is 16.5. The van der Waals surface area contributed by atoms with Gasteiger partial charge in [0, 0.05) is 12.5 Å². The number of aliphatic carboxylic acids is 1. The Bertz CT molecular complexity index is 373. The Morgan fingerprint density at radius 3 is 2.67 bits per heavy atom. The van der Waals surface area contributed by atoms with Crippen LogP contribution in [0.5, 0.6) is 0 Å². The number of aromatic carboxylic acids is 1. The zero-order valence-electron chi connectivity index (χ0n) is 7.71. The molecule has 0 saturated carbocycles. The second kappa shape index (κ2) is 4.56. The number of aromatic nitrogens is 1. The Labute approximate surface area is 84.5 Å². The van der Waals surface area contributed by atoms with Crippen molar-refractivity contribution in [2.24, 2.45) is 5.73 Å². The van der Waals surface area contributed by atoms with Crippen molar-refractivity contribution in [1.29, 1.82) is 0 Å². The van der Waals surface area contributed by atoms with Gasteiger partial charge in [0.25, 0.3) is 0 Å². The van der Waals surface area contributed by atoms with Crippen molar-refractivity contribution >= 4 is 11.9 Å². The van der Waals surface area contributed by atoms with Crippen molar-refractivity contribution < 1.29 is 24.3 Å². The molecular formula is C8H10N2O5. The molecule has 4 N–H and O–H groups in total. The van der Waals surface area contributed by atoms with Gasteiger partial charge in [-0.05, 0) is 6.42 Å². The van der Waals surface area contributed by atoms with Crippen LogP contribution in [0.1, 0.15) is 35.1 Å². The molecule has 0 aliphatic carbocycles. The normalized spacial score (nSPS) is 12.3. The molecule has 0 radical (unpaired) electrons. The van der Waals surface area contributed by atoms with Crippen molar-refractivity contribution in [3.8, 4) is 0 Å². The van der Waals surface area contributed by atoms with Gasteiger partial charge >= 0.3 is 11.9 Å².